The van der Waals surface area contributed by atoms with Gasteiger partial charge < -0.3 is 9.94 Å². The second-order valence-electron chi connectivity index (χ2n) is 5.31. The third-order valence-electron chi connectivity index (χ3n) is 3.29. The SMILES string of the molecule is COC1[N+]([O-])=C(/C=C/c2ccccc2)CC1(C)C. The fourth-order valence-corrected chi connectivity index (χ4v) is 2.40. The number of allylic oxidation sites excluding steroid dienone is 1. The zero-order valence-corrected chi connectivity index (χ0v) is 11.1. The summed E-state index contributed by atoms with van der Waals surface area (Å²) in [5.41, 5.74) is 1.72. The summed E-state index contributed by atoms with van der Waals surface area (Å²) in [6, 6.07) is 9.97. The van der Waals surface area contributed by atoms with Crippen LogP contribution in [0.25, 0.3) is 6.08 Å². The van der Waals surface area contributed by atoms with E-state index in [-0.39, 0.29) is 5.41 Å². The molecule has 1 aromatic rings. The number of methoxy groups -OCH3 is 1. The summed E-state index contributed by atoms with van der Waals surface area (Å²) in [5, 5.41) is 12.1. The van der Waals surface area contributed by atoms with E-state index in [0.29, 0.717) is 0 Å². The molecule has 0 saturated heterocycles. The fraction of sp³-hybridized carbons (Fsp3) is 0.400. The highest BCUT2D eigenvalue weighted by molar-refractivity contribution is 5.95. The molecule has 0 N–H and O–H groups in total. The summed E-state index contributed by atoms with van der Waals surface area (Å²) in [7, 11) is 1.58. The maximum absolute atomic E-state index is 12.1. The summed E-state index contributed by atoms with van der Waals surface area (Å²) < 4.78 is 6.27. The van der Waals surface area contributed by atoms with Crippen LogP contribution < -0.4 is 0 Å². The Morgan fingerprint density at radius 2 is 1.94 bits per heavy atom. The fourth-order valence-electron chi connectivity index (χ4n) is 2.40. The van der Waals surface area contributed by atoms with Crippen molar-refractivity contribution in [3.63, 3.8) is 0 Å². The first-order valence-corrected chi connectivity index (χ1v) is 6.13. The lowest BCUT2D eigenvalue weighted by Crippen LogP contribution is -2.32. The first-order chi connectivity index (χ1) is 8.54. The Hall–Kier alpha value is -1.61. The summed E-state index contributed by atoms with van der Waals surface area (Å²) in [5.74, 6) is 0. The Morgan fingerprint density at radius 3 is 2.50 bits per heavy atom. The van der Waals surface area contributed by atoms with Crippen LogP contribution in [0.4, 0.5) is 0 Å². The van der Waals surface area contributed by atoms with Gasteiger partial charge in [0, 0.05) is 19.6 Å². The Kier molecular flexibility index (Phi) is 3.53. The Bertz CT molecular complexity index is 475. The normalized spacial score (nSPS) is 22.9. The number of hydrogen-bond donors (Lipinski definition) is 0. The summed E-state index contributed by atoms with van der Waals surface area (Å²) in [6.07, 6.45) is 4.20. The minimum Gasteiger partial charge on any atom is -0.622 e. The Morgan fingerprint density at radius 1 is 1.28 bits per heavy atom. The summed E-state index contributed by atoms with van der Waals surface area (Å²) in [4.78, 5) is 0. The van der Waals surface area contributed by atoms with Gasteiger partial charge in [-0.25, -0.2) is 0 Å². The number of benzene rings is 1. The van der Waals surface area contributed by atoms with Crippen molar-refractivity contribution in [2.24, 2.45) is 5.41 Å². The standard InChI is InChI=1S/C15H19NO2/c1-15(2)11-13(16(17)14(15)18-3)10-9-12-7-5-4-6-8-12/h4-10,14H,11H2,1-3H3/b10-9+. The quantitative estimate of drug-likeness (QED) is 0.606. The second-order valence-corrected chi connectivity index (χ2v) is 5.31. The van der Waals surface area contributed by atoms with Gasteiger partial charge in [-0.1, -0.05) is 44.2 Å². The maximum Gasteiger partial charge on any atom is 0.273 e. The topological polar surface area (TPSA) is 35.3 Å². The van der Waals surface area contributed by atoms with Gasteiger partial charge in [-0.2, -0.15) is 4.74 Å². The van der Waals surface area contributed by atoms with Gasteiger partial charge in [0.1, 0.15) is 0 Å². The average molecular weight is 245 g/mol. The molecule has 96 valence electrons. The molecule has 18 heavy (non-hydrogen) atoms. The largest absolute Gasteiger partial charge is 0.622 e. The van der Waals surface area contributed by atoms with Crippen LogP contribution in [0.5, 0.6) is 0 Å². The molecular formula is C15H19NO2. The van der Waals surface area contributed by atoms with Crippen molar-refractivity contribution in [1.82, 2.24) is 0 Å². The van der Waals surface area contributed by atoms with Gasteiger partial charge in [0.05, 0.1) is 5.41 Å². The van der Waals surface area contributed by atoms with Gasteiger partial charge in [0.2, 0.25) is 0 Å². The van der Waals surface area contributed by atoms with Crippen molar-refractivity contribution in [3.8, 4) is 0 Å². The maximum atomic E-state index is 12.1. The highest BCUT2D eigenvalue weighted by Crippen LogP contribution is 2.34. The summed E-state index contributed by atoms with van der Waals surface area (Å²) >= 11 is 0. The molecule has 1 aliphatic heterocycles. The van der Waals surface area contributed by atoms with Crippen LogP contribution in [-0.2, 0) is 4.74 Å². The van der Waals surface area contributed by atoms with Crippen LogP contribution >= 0.6 is 0 Å². The predicted octanol–water partition coefficient (Wildman–Crippen LogP) is 3.05. The van der Waals surface area contributed by atoms with Gasteiger partial charge >= 0.3 is 0 Å². The molecule has 0 radical (unpaired) electrons. The van der Waals surface area contributed by atoms with E-state index in [1.165, 1.54) is 0 Å². The van der Waals surface area contributed by atoms with Crippen molar-refractivity contribution in [2.75, 3.05) is 7.11 Å². The number of hydrogen-bond acceptors (Lipinski definition) is 2. The van der Waals surface area contributed by atoms with Crippen LogP contribution in [0.15, 0.2) is 36.4 Å². The molecule has 3 nitrogen and oxygen atoms in total. The van der Waals surface area contributed by atoms with Crippen LogP contribution in [-0.4, -0.2) is 23.8 Å². The van der Waals surface area contributed by atoms with Crippen LogP contribution in [0, 0.1) is 10.6 Å². The molecule has 3 heteroatoms. The molecule has 1 unspecified atom stereocenters. The van der Waals surface area contributed by atoms with Crippen LogP contribution in [0.2, 0.25) is 0 Å². The van der Waals surface area contributed by atoms with Crippen LogP contribution in [0.1, 0.15) is 25.8 Å². The van der Waals surface area contributed by atoms with Gasteiger partial charge in [0.15, 0.2) is 5.71 Å². The van der Waals surface area contributed by atoms with Gasteiger partial charge in [-0.05, 0) is 11.6 Å². The molecule has 0 spiro atoms. The zero-order chi connectivity index (χ0) is 13.2. The Labute approximate surface area is 108 Å². The molecule has 0 amide bonds. The van der Waals surface area contributed by atoms with E-state index in [2.05, 4.69) is 13.8 Å². The van der Waals surface area contributed by atoms with Crippen molar-refractivity contribution >= 4 is 11.8 Å². The lowest BCUT2D eigenvalue weighted by molar-refractivity contribution is -0.561. The lowest BCUT2D eigenvalue weighted by atomic mass is 9.88. The lowest BCUT2D eigenvalue weighted by Gasteiger charge is -2.22. The van der Waals surface area contributed by atoms with E-state index < -0.39 is 6.23 Å². The van der Waals surface area contributed by atoms with Gasteiger partial charge in [-0.15, -0.1) is 0 Å². The smallest absolute Gasteiger partial charge is 0.273 e. The van der Waals surface area contributed by atoms with Crippen LogP contribution in [0.3, 0.4) is 0 Å². The zero-order valence-electron chi connectivity index (χ0n) is 11.1. The van der Waals surface area contributed by atoms with E-state index in [4.69, 9.17) is 4.74 Å². The van der Waals surface area contributed by atoms with E-state index in [1.54, 1.807) is 7.11 Å². The molecule has 2 rings (SSSR count). The molecule has 0 bridgehead atoms. The third kappa shape index (κ3) is 2.46. The van der Waals surface area contributed by atoms with Crippen molar-refractivity contribution in [3.05, 3.63) is 47.2 Å². The molecule has 1 aromatic carbocycles. The number of rotatable bonds is 3. The van der Waals surface area contributed by atoms with Crippen molar-refractivity contribution < 1.29 is 9.48 Å². The first kappa shape index (κ1) is 12.8. The molecule has 1 heterocycles. The van der Waals surface area contributed by atoms with Gasteiger partial charge in [-0.3, -0.25) is 0 Å². The van der Waals surface area contributed by atoms with E-state index in [1.807, 2.05) is 42.5 Å². The third-order valence-corrected chi connectivity index (χ3v) is 3.29. The summed E-state index contributed by atoms with van der Waals surface area (Å²) in [6.45, 7) is 4.10. The second kappa shape index (κ2) is 4.94. The van der Waals surface area contributed by atoms with Crippen molar-refractivity contribution in [2.45, 2.75) is 26.5 Å². The monoisotopic (exact) mass is 245 g/mol. The highest BCUT2D eigenvalue weighted by atomic mass is 16.6. The minimum absolute atomic E-state index is 0.146. The molecule has 1 aliphatic rings. The van der Waals surface area contributed by atoms with E-state index in [9.17, 15) is 5.21 Å². The molecular weight excluding hydrogens is 226 g/mol. The first-order valence-electron chi connectivity index (χ1n) is 6.13. The van der Waals surface area contributed by atoms with Crippen molar-refractivity contribution in [1.29, 1.82) is 0 Å². The number of hydroxylamine groups is 1. The Balaban J connectivity index is 2.20. The number of nitrogens with zero attached hydrogens (tertiary/aromatic N) is 1. The van der Waals surface area contributed by atoms with E-state index >= 15 is 0 Å². The average Bonchev–Trinajstić information content (AvgIpc) is 2.57. The molecule has 0 fully saturated rings. The molecule has 0 saturated carbocycles. The molecule has 0 aromatic heterocycles. The van der Waals surface area contributed by atoms with Gasteiger partial charge in [0.25, 0.3) is 6.23 Å². The molecule has 1 atom stereocenters. The molecule has 0 aliphatic carbocycles. The highest BCUT2D eigenvalue weighted by Gasteiger charge is 2.45. The predicted molar refractivity (Wildman–Crippen MR) is 73.3 cm³/mol. The minimum atomic E-state index is -0.395. The van der Waals surface area contributed by atoms with E-state index in [0.717, 1.165) is 22.4 Å². The number of ether oxygens (including phenoxy) is 1.